The molecule has 1 heterocycles. The van der Waals surface area contributed by atoms with Gasteiger partial charge >= 0.3 is 0 Å². The molecule has 0 saturated carbocycles. The highest BCUT2D eigenvalue weighted by molar-refractivity contribution is 6.46. The molecule has 1 aliphatic rings. The quantitative estimate of drug-likeness (QED) is 0.251. The van der Waals surface area contributed by atoms with Crippen molar-refractivity contribution in [3.05, 3.63) is 100 Å². The van der Waals surface area contributed by atoms with Crippen LogP contribution in [0.4, 0.5) is 0 Å². The smallest absolute Gasteiger partial charge is 0.295 e. The van der Waals surface area contributed by atoms with Crippen LogP contribution >= 0.6 is 11.6 Å². The number of aliphatic hydroxyl groups excluding tert-OH is 1. The van der Waals surface area contributed by atoms with E-state index < -0.39 is 17.7 Å². The number of hydrogen-bond donors (Lipinski definition) is 2. The maximum atomic E-state index is 13.1. The van der Waals surface area contributed by atoms with E-state index in [0.29, 0.717) is 28.7 Å². The number of ketones is 1. The molecule has 1 amide bonds. The number of hydrogen-bond acceptors (Lipinski definition) is 5. The molecule has 1 atom stereocenters. The Bertz CT molecular complexity index is 1270. The molecule has 1 fully saturated rings. The van der Waals surface area contributed by atoms with Gasteiger partial charge < -0.3 is 19.8 Å². The van der Waals surface area contributed by atoms with Gasteiger partial charge in [-0.25, -0.2) is 0 Å². The molecule has 6 nitrogen and oxygen atoms in total. The van der Waals surface area contributed by atoms with Gasteiger partial charge in [-0.05, 0) is 53.4 Å². The first kappa shape index (κ1) is 24.4. The van der Waals surface area contributed by atoms with E-state index in [2.05, 4.69) is 13.8 Å². The fraction of sp³-hybridized carbons (Fsp3) is 0.214. The molecule has 7 heteroatoms. The summed E-state index contributed by atoms with van der Waals surface area (Å²) in [5.74, 6) is -0.627. The Balaban J connectivity index is 1.73. The van der Waals surface area contributed by atoms with Crippen molar-refractivity contribution in [2.45, 2.75) is 26.4 Å². The standard InChI is InChI=1S/C28H26ClNO5/c1-17(2)16-35-23-12-6-18(7-13-23)15-30-25(19-8-10-22(31)11-9-19)24(27(33)28(30)34)26(32)20-4-3-5-21(29)14-20/h3-14,17,25,31-32H,15-16H2,1-2H3/b26-24-. The molecule has 1 saturated heterocycles. The van der Waals surface area contributed by atoms with Crippen LogP contribution in [0.15, 0.2) is 78.4 Å². The van der Waals surface area contributed by atoms with E-state index in [9.17, 15) is 19.8 Å². The van der Waals surface area contributed by atoms with Crippen LogP contribution in [0.2, 0.25) is 5.02 Å². The number of likely N-dealkylation sites (tertiary alicyclic amines) is 1. The predicted molar refractivity (Wildman–Crippen MR) is 134 cm³/mol. The number of amides is 1. The van der Waals surface area contributed by atoms with E-state index in [4.69, 9.17) is 16.3 Å². The van der Waals surface area contributed by atoms with E-state index in [1.165, 1.54) is 23.1 Å². The van der Waals surface area contributed by atoms with Gasteiger partial charge in [0.2, 0.25) is 0 Å². The van der Waals surface area contributed by atoms with E-state index in [1.54, 1.807) is 30.3 Å². The number of phenolic OH excluding ortho intramolecular Hbond substituents is 1. The highest BCUT2D eigenvalue weighted by Crippen LogP contribution is 2.41. The van der Waals surface area contributed by atoms with Gasteiger partial charge in [-0.2, -0.15) is 0 Å². The molecule has 0 aliphatic carbocycles. The van der Waals surface area contributed by atoms with Gasteiger partial charge in [0, 0.05) is 17.1 Å². The van der Waals surface area contributed by atoms with Crippen LogP contribution in [0.25, 0.3) is 5.76 Å². The number of aliphatic hydroxyl groups is 1. The highest BCUT2D eigenvalue weighted by atomic mass is 35.5. The Hall–Kier alpha value is -3.77. The topological polar surface area (TPSA) is 87.1 Å². The molecule has 1 aliphatic heterocycles. The Labute approximate surface area is 209 Å². The van der Waals surface area contributed by atoms with Crippen molar-refractivity contribution in [2.75, 3.05) is 6.61 Å². The molecule has 0 aromatic heterocycles. The van der Waals surface area contributed by atoms with Crippen LogP contribution in [0, 0.1) is 5.92 Å². The zero-order valence-electron chi connectivity index (χ0n) is 19.4. The van der Waals surface area contributed by atoms with Gasteiger partial charge in [-0.3, -0.25) is 9.59 Å². The number of Topliss-reactive ketones (excluding diaryl/α,β-unsaturated/α-hetero) is 1. The number of benzene rings is 3. The fourth-order valence-electron chi connectivity index (χ4n) is 3.99. The van der Waals surface area contributed by atoms with Crippen LogP contribution in [-0.2, 0) is 16.1 Å². The third-order valence-electron chi connectivity index (χ3n) is 5.71. The maximum absolute atomic E-state index is 13.1. The van der Waals surface area contributed by atoms with Gasteiger partial charge in [0.25, 0.3) is 11.7 Å². The second kappa shape index (κ2) is 10.2. The van der Waals surface area contributed by atoms with Crippen molar-refractivity contribution in [1.29, 1.82) is 0 Å². The van der Waals surface area contributed by atoms with Crippen LogP contribution in [0.5, 0.6) is 11.5 Å². The third kappa shape index (κ3) is 5.33. The first-order chi connectivity index (χ1) is 16.7. The summed E-state index contributed by atoms with van der Waals surface area (Å²) in [6.45, 7) is 4.88. The first-order valence-corrected chi connectivity index (χ1v) is 11.7. The molecule has 3 aromatic carbocycles. The molecule has 0 radical (unpaired) electrons. The average Bonchev–Trinajstić information content (AvgIpc) is 3.08. The minimum Gasteiger partial charge on any atom is -0.508 e. The lowest BCUT2D eigenvalue weighted by atomic mass is 9.95. The minimum atomic E-state index is -0.841. The number of carbonyl (C=O) groups is 2. The van der Waals surface area contributed by atoms with Crippen molar-refractivity contribution >= 4 is 29.1 Å². The van der Waals surface area contributed by atoms with Gasteiger partial charge in [0.05, 0.1) is 18.2 Å². The number of rotatable bonds is 7. The lowest BCUT2D eigenvalue weighted by molar-refractivity contribution is -0.140. The van der Waals surface area contributed by atoms with Crippen LogP contribution in [-0.4, -0.2) is 33.4 Å². The van der Waals surface area contributed by atoms with Crippen LogP contribution in [0.3, 0.4) is 0 Å². The van der Waals surface area contributed by atoms with E-state index in [0.717, 1.165) is 11.3 Å². The number of carbonyl (C=O) groups excluding carboxylic acids is 2. The summed E-state index contributed by atoms with van der Waals surface area (Å²) in [6.07, 6.45) is 0. The summed E-state index contributed by atoms with van der Waals surface area (Å²) in [4.78, 5) is 27.7. The lowest BCUT2D eigenvalue weighted by Gasteiger charge is -2.25. The van der Waals surface area contributed by atoms with Crippen molar-refractivity contribution < 1.29 is 24.5 Å². The molecule has 35 heavy (non-hydrogen) atoms. The monoisotopic (exact) mass is 491 g/mol. The Kier molecular flexibility index (Phi) is 7.12. The summed E-state index contributed by atoms with van der Waals surface area (Å²) in [6, 6.07) is 19.2. The molecule has 180 valence electrons. The molecule has 4 rings (SSSR count). The van der Waals surface area contributed by atoms with Gasteiger partial charge in [-0.1, -0.05) is 61.8 Å². The average molecular weight is 492 g/mol. The van der Waals surface area contributed by atoms with E-state index in [1.807, 2.05) is 24.3 Å². The molecule has 1 unspecified atom stereocenters. The van der Waals surface area contributed by atoms with Crippen LogP contribution < -0.4 is 4.74 Å². The van der Waals surface area contributed by atoms with Crippen molar-refractivity contribution in [3.63, 3.8) is 0 Å². The zero-order valence-corrected chi connectivity index (χ0v) is 20.2. The maximum Gasteiger partial charge on any atom is 0.295 e. The zero-order chi connectivity index (χ0) is 25.1. The summed E-state index contributed by atoms with van der Waals surface area (Å²) in [5, 5.41) is 21.2. The minimum absolute atomic E-state index is 0.0279. The molecular weight excluding hydrogens is 466 g/mol. The lowest BCUT2D eigenvalue weighted by Crippen LogP contribution is -2.29. The molecule has 3 aromatic rings. The Morgan fingerprint density at radius 1 is 1.03 bits per heavy atom. The largest absolute Gasteiger partial charge is 0.508 e. The van der Waals surface area contributed by atoms with Gasteiger partial charge in [-0.15, -0.1) is 0 Å². The van der Waals surface area contributed by atoms with E-state index >= 15 is 0 Å². The fourth-order valence-corrected chi connectivity index (χ4v) is 4.18. The second-order valence-corrected chi connectivity index (χ2v) is 9.31. The molecule has 0 bridgehead atoms. The van der Waals surface area contributed by atoms with Gasteiger partial charge in [0.1, 0.15) is 17.3 Å². The highest BCUT2D eigenvalue weighted by Gasteiger charge is 2.46. The summed E-state index contributed by atoms with van der Waals surface area (Å²) in [7, 11) is 0. The number of phenols is 1. The molecule has 0 spiro atoms. The number of nitrogens with zero attached hydrogens (tertiary/aromatic N) is 1. The summed E-state index contributed by atoms with van der Waals surface area (Å²) in [5.41, 5.74) is 1.70. The molecule has 2 N–H and O–H groups in total. The van der Waals surface area contributed by atoms with Crippen LogP contribution in [0.1, 0.15) is 36.6 Å². The van der Waals surface area contributed by atoms with Crippen molar-refractivity contribution in [1.82, 2.24) is 4.90 Å². The summed E-state index contributed by atoms with van der Waals surface area (Å²) >= 11 is 6.09. The SMILES string of the molecule is CC(C)COc1ccc(CN2C(=O)C(=O)/C(=C(\O)c3cccc(Cl)c3)C2c2ccc(O)cc2)cc1. The number of halogens is 1. The van der Waals surface area contributed by atoms with E-state index in [-0.39, 0.29) is 23.6 Å². The first-order valence-electron chi connectivity index (χ1n) is 11.3. The normalized spacial score (nSPS) is 17.3. The second-order valence-electron chi connectivity index (χ2n) is 8.88. The Morgan fingerprint density at radius 2 is 1.71 bits per heavy atom. The molecular formula is C28H26ClNO5. The number of ether oxygens (including phenoxy) is 1. The third-order valence-corrected chi connectivity index (χ3v) is 5.94. The van der Waals surface area contributed by atoms with Crippen molar-refractivity contribution in [2.24, 2.45) is 5.92 Å². The van der Waals surface area contributed by atoms with Gasteiger partial charge in [0.15, 0.2) is 0 Å². The predicted octanol–water partition coefficient (Wildman–Crippen LogP) is 5.70. The summed E-state index contributed by atoms with van der Waals surface area (Å²) < 4.78 is 5.73. The number of aromatic hydroxyl groups is 1. The Morgan fingerprint density at radius 3 is 2.34 bits per heavy atom. The van der Waals surface area contributed by atoms with Crippen molar-refractivity contribution in [3.8, 4) is 11.5 Å².